The molecular formula is C18H28N4O2. The molecule has 3 N–H and O–H groups in total. The summed E-state index contributed by atoms with van der Waals surface area (Å²) in [5.74, 6) is 0.923. The second-order valence-electron chi connectivity index (χ2n) is 7.32. The smallest absolute Gasteiger partial charge is 0.315 e. The minimum Gasteiger partial charge on any atom is -0.394 e. The lowest BCUT2D eigenvalue weighted by Gasteiger charge is -2.34. The molecule has 2 fully saturated rings. The fourth-order valence-electron chi connectivity index (χ4n) is 3.48. The zero-order valence-corrected chi connectivity index (χ0v) is 14.4. The molecule has 1 aromatic heterocycles. The highest BCUT2D eigenvalue weighted by molar-refractivity contribution is 5.74. The Hall–Kier alpha value is -1.82. The first-order valence-corrected chi connectivity index (χ1v) is 8.92. The van der Waals surface area contributed by atoms with Gasteiger partial charge in [-0.25, -0.2) is 4.79 Å². The number of aromatic nitrogens is 1. The number of anilines is 1. The number of pyridine rings is 1. The fourth-order valence-corrected chi connectivity index (χ4v) is 3.48. The number of nitrogens with zero attached hydrogens (tertiary/aromatic N) is 2. The van der Waals surface area contributed by atoms with E-state index in [4.69, 9.17) is 0 Å². The molecule has 6 nitrogen and oxygen atoms in total. The van der Waals surface area contributed by atoms with Crippen LogP contribution in [0.1, 0.15) is 32.6 Å². The van der Waals surface area contributed by atoms with Crippen molar-refractivity contribution >= 4 is 11.7 Å². The molecule has 1 aliphatic carbocycles. The largest absolute Gasteiger partial charge is 0.394 e. The first-order valence-electron chi connectivity index (χ1n) is 8.92. The molecule has 1 unspecified atom stereocenters. The molecule has 0 spiro atoms. The van der Waals surface area contributed by atoms with E-state index in [9.17, 15) is 9.90 Å². The van der Waals surface area contributed by atoms with Crippen molar-refractivity contribution in [2.45, 2.75) is 38.1 Å². The summed E-state index contributed by atoms with van der Waals surface area (Å²) in [5.41, 5.74) is 0.742. The van der Waals surface area contributed by atoms with Crippen molar-refractivity contribution < 1.29 is 9.90 Å². The van der Waals surface area contributed by atoms with Gasteiger partial charge in [0, 0.05) is 37.7 Å². The third-order valence-corrected chi connectivity index (χ3v) is 5.40. The Bertz CT molecular complexity index is 541. The molecule has 0 bridgehead atoms. The molecule has 3 rings (SSSR count). The van der Waals surface area contributed by atoms with Gasteiger partial charge in [0.2, 0.25) is 0 Å². The monoisotopic (exact) mass is 332 g/mol. The number of carbonyl (C=O) groups excluding carboxylic acids is 1. The minimum absolute atomic E-state index is 0.00456. The van der Waals surface area contributed by atoms with Crippen molar-refractivity contribution in [3.8, 4) is 0 Å². The number of piperidine rings is 1. The lowest BCUT2D eigenvalue weighted by molar-refractivity contribution is 0.154. The maximum atomic E-state index is 12.1. The van der Waals surface area contributed by atoms with Gasteiger partial charge in [-0.1, -0.05) is 0 Å². The first-order chi connectivity index (χ1) is 11.6. The van der Waals surface area contributed by atoms with E-state index in [1.54, 1.807) is 0 Å². The van der Waals surface area contributed by atoms with E-state index in [1.165, 1.54) is 5.69 Å². The van der Waals surface area contributed by atoms with Crippen LogP contribution in [0.15, 0.2) is 24.5 Å². The molecule has 1 atom stereocenters. The second-order valence-corrected chi connectivity index (χ2v) is 7.32. The van der Waals surface area contributed by atoms with Crippen molar-refractivity contribution in [3.63, 3.8) is 0 Å². The zero-order valence-electron chi connectivity index (χ0n) is 14.4. The Labute approximate surface area is 143 Å². The summed E-state index contributed by atoms with van der Waals surface area (Å²) in [6.07, 6.45) is 7.97. The van der Waals surface area contributed by atoms with Crippen LogP contribution in [0.2, 0.25) is 0 Å². The van der Waals surface area contributed by atoms with Gasteiger partial charge in [-0.05, 0) is 56.6 Å². The Balaban J connectivity index is 1.39. The average Bonchev–Trinajstić information content (AvgIpc) is 3.47. The predicted octanol–water partition coefficient (Wildman–Crippen LogP) is 1.76. The summed E-state index contributed by atoms with van der Waals surface area (Å²) in [6, 6.07) is 3.93. The van der Waals surface area contributed by atoms with Crippen molar-refractivity contribution in [2.75, 3.05) is 31.1 Å². The summed E-state index contributed by atoms with van der Waals surface area (Å²) in [6.45, 7) is 4.64. The normalized spacial score (nSPS) is 21.2. The van der Waals surface area contributed by atoms with Gasteiger partial charge >= 0.3 is 6.03 Å². The number of amides is 2. The molecule has 1 saturated carbocycles. The molecule has 2 heterocycles. The van der Waals surface area contributed by atoms with E-state index in [2.05, 4.69) is 20.5 Å². The van der Waals surface area contributed by atoms with E-state index in [0.29, 0.717) is 18.4 Å². The maximum absolute atomic E-state index is 12.1. The Morgan fingerprint density at radius 2 is 1.96 bits per heavy atom. The number of nitrogens with one attached hydrogen (secondary N) is 2. The molecule has 132 valence electrons. The van der Waals surface area contributed by atoms with E-state index in [1.807, 2.05) is 31.5 Å². The van der Waals surface area contributed by atoms with Gasteiger partial charge < -0.3 is 20.6 Å². The molecule has 1 aromatic rings. The van der Waals surface area contributed by atoms with Crippen LogP contribution in [0, 0.1) is 11.8 Å². The number of hydrogen-bond donors (Lipinski definition) is 3. The predicted molar refractivity (Wildman–Crippen MR) is 93.9 cm³/mol. The lowest BCUT2D eigenvalue weighted by Crippen LogP contribution is -2.54. The number of rotatable bonds is 6. The molecule has 0 radical (unpaired) electrons. The van der Waals surface area contributed by atoms with Gasteiger partial charge in [0.1, 0.15) is 0 Å². The Kier molecular flexibility index (Phi) is 5.23. The molecule has 1 aliphatic heterocycles. The van der Waals surface area contributed by atoms with Crippen molar-refractivity contribution in [1.29, 1.82) is 0 Å². The van der Waals surface area contributed by atoms with E-state index >= 15 is 0 Å². The SMILES string of the molecule is CC(CO)(NC(=O)NCC1CCN(c2ccncc2)CC1)C1CC1. The van der Waals surface area contributed by atoms with Crippen molar-refractivity contribution in [1.82, 2.24) is 15.6 Å². The number of aliphatic hydroxyl groups excluding tert-OH is 1. The number of carbonyl (C=O) groups is 1. The number of hydrogen-bond acceptors (Lipinski definition) is 4. The first kappa shape index (κ1) is 17.0. The molecule has 1 saturated heterocycles. The van der Waals surface area contributed by atoms with Crippen molar-refractivity contribution in [2.24, 2.45) is 11.8 Å². The number of aliphatic hydroxyl groups is 1. The van der Waals surface area contributed by atoms with Crippen LogP contribution < -0.4 is 15.5 Å². The van der Waals surface area contributed by atoms with E-state index in [0.717, 1.165) is 38.8 Å². The molecule has 2 amide bonds. The third kappa shape index (κ3) is 4.17. The highest BCUT2D eigenvalue weighted by Gasteiger charge is 2.42. The van der Waals surface area contributed by atoms with Gasteiger partial charge in [0.25, 0.3) is 0 Å². The van der Waals surface area contributed by atoms with Gasteiger partial charge in [0.05, 0.1) is 12.1 Å². The summed E-state index contributed by atoms with van der Waals surface area (Å²) in [4.78, 5) is 18.6. The standard InChI is InChI=1S/C18H28N4O2/c1-18(13-23,15-2-3-15)21-17(24)20-12-14-6-10-22(11-7-14)16-4-8-19-9-5-16/h4-5,8-9,14-15,23H,2-3,6-7,10-13H2,1H3,(H2,20,21,24). The molecule has 0 aromatic carbocycles. The van der Waals surface area contributed by atoms with Crippen LogP contribution in [-0.4, -0.2) is 47.9 Å². The highest BCUT2D eigenvalue weighted by Crippen LogP contribution is 2.39. The summed E-state index contributed by atoms with van der Waals surface area (Å²) >= 11 is 0. The molecule has 24 heavy (non-hydrogen) atoms. The maximum Gasteiger partial charge on any atom is 0.315 e. The summed E-state index contributed by atoms with van der Waals surface area (Å²) < 4.78 is 0. The van der Waals surface area contributed by atoms with Gasteiger partial charge in [-0.2, -0.15) is 0 Å². The topological polar surface area (TPSA) is 77.5 Å². The summed E-state index contributed by atoms with van der Waals surface area (Å²) in [5, 5.41) is 15.5. The Morgan fingerprint density at radius 1 is 1.29 bits per heavy atom. The van der Waals surface area contributed by atoms with Crippen LogP contribution in [0.25, 0.3) is 0 Å². The molecule has 6 heteroatoms. The van der Waals surface area contributed by atoms with Crippen LogP contribution in [-0.2, 0) is 0 Å². The van der Waals surface area contributed by atoms with Crippen LogP contribution in [0.3, 0.4) is 0 Å². The zero-order chi connectivity index (χ0) is 17.0. The fraction of sp³-hybridized carbons (Fsp3) is 0.667. The number of urea groups is 1. The summed E-state index contributed by atoms with van der Waals surface area (Å²) in [7, 11) is 0. The quantitative estimate of drug-likeness (QED) is 0.742. The van der Waals surface area contributed by atoms with Gasteiger partial charge in [-0.3, -0.25) is 4.98 Å². The van der Waals surface area contributed by atoms with Crippen LogP contribution >= 0.6 is 0 Å². The average molecular weight is 332 g/mol. The van der Waals surface area contributed by atoms with Crippen LogP contribution in [0.5, 0.6) is 0 Å². The van der Waals surface area contributed by atoms with E-state index < -0.39 is 5.54 Å². The lowest BCUT2D eigenvalue weighted by atomic mass is 9.96. The van der Waals surface area contributed by atoms with E-state index in [-0.39, 0.29) is 12.6 Å². The van der Waals surface area contributed by atoms with Crippen molar-refractivity contribution in [3.05, 3.63) is 24.5 Å². The van der Waals surface area contributed by atoms with Crippen LogP contribution in [0.4, 0.5) is 10.5 Å². The van der Waals surface area contributed by atoms with Gasteiger partial charge in [0.15, 0.2) is 0 Å². The van der Waals surface area contributed by atoms with Gasteiger partial charge in [-0.15, -0.1) is 0 Å². The highest BCUT2D eigenvalue weighted by atomic mass is 16.3. The minimum atomic E-state index is -0.477. The molecular weight excluding hydrogens is 304 g/mol. The second kappa shape index (κ2) is 7.38. The third-order valence-electron chi connectivity index (χ3n) is 5.40. The molecule has 2 aliphatic rings. The Morgan fingerprint density at radius 3 is 2.54 bits per heavy atom.